The number of nitrogens with one attached hydrogen (secondary N) is 1. The van der Waals surface area contributed by atoms with E-state index < -0.39 is 5.60 Å². The van der Waals surface area contributed by atoms with Crippen molar-refractivity contribution in [2.45, 2.75) is 53.6 Å². The topological polar surface area (TPSA) is 75.0 Å². The van der Waals surface area contributed by atoms with Gasteiger partial charge in [-0.05, 0) is 63.8 Å². The number of aryl methyl sites for hydroxylation is 1. The molecule has 166 valence electrons. The van der Waals surface area contributed by atoms with Gasteiger partial charge >= 0.3 is 5.97 Å². The normalized spacial score (nSPS) is 11.4. The third kappa shape index (κ3) is 5.64. The number of carbonyl (C=O) groups excluding carboxylic acids is 1. The number of aromatic nitrogens is 1. The van der Waals surface area contributed by atoms with Crippen LogP contribution in [0, 0.1) is 24.2 Å². The van der Waals surface area contributed by atoms with Crippen molar-refractivity contribution in [1.29, 1.82) is 5.26 Å². The average Bonchev–Trinajstić information content (AvgIpc) is 2.70. The summed E-state index contributed by atoms with van der Waals surface area (Å²) in [5, 5.41) is 14.1. The maximum atomic E-state index is 12.1. The lowest BCUT2D eigenvalue weighted by Crippen LogP contribution is -2.28. The van der Waals surface area contributed by atoms with Crippen LogP contribution in [-0.2, 0) is 16.0 Å². The van der Waals surface area contributed by atoms with Crippen molar-refractivity contribution >= 4 is 22.6 Å². The van der Waals surface area contributed by atoms with E-state index in [1.54, 1.807) is 0 Å². The molecule has 0 unspecified atom stereocenters. The van der Waals surface area contributed by atoms with Gasteiger partial charge in [0.1, 0.15) is 18.2 Å². The fourth-order valence-electron chi connectivity index (χ4n) is 3.65. The monoisotopic (exact) mass is 429 g/mol. The van der Waals surface area contributed by atoms with E-state index in [0.717, 1.165) is 45.4 Å². The second kappa shape index (κ2) is 9.40. The highest BCUT2D eigenvalue weighted by atomic mass is 16.6. The Hall–Kier alpha value is -3.39. The van der Waals surface area contributed by atoms with Gasteiger partial charge in [0, 0.05) is 16.6 Å². The smallest absolute Gasteiger partial charge is 0.325 e. The van der Waals surface area contributed by atoms with E-state index >= 15 is 0 Å². The van der Waals surface area contributed by atoms with Crippen LogP contribution in [0.15, 0.2) is 42.5 Å². The molecule has 1 aromatic heterocycles. The summed E-state index contributed by atoms with van der Waals surface area (Å²) in [6.07, 6.45) is 0.732. The molecule has 32 heavy (non-hydrogen) atoms. The summed E-state index contributed by atoms with van der Waals surface area (Å²) in [5.41, 5.74) is 5.53. The number of esters is 1. The molecule has 0 radical (unpaired) electrons. The van der Waals surface area contributed by atoms with Crippen LogP contribution in [0.2, 0.25) is 0 Å². The van der Waals surface area contributed by atoms with Crippen LogP contribution in [0.1, 0.15) is 51.4 Å². The van der Waals surface area contributed by atoms with E-state index in [-0.39, 0.29) is 12.5 Å². The number of hydrogen-bond donors (Lipinski definition) is 1. The lowest BCUT2D eigenvalue weighted by molar-refractivity contribution is -0.152. The van der Waals surface area contributed by atoms with Crippen molar-refractivity contribution < 1.29 is 9.53 Å². The second-order valence-corrected chi connectivity index (χ2v) is 9.56. The Kier molecular flexibility index (Phi) is 6.84. The first-order valence-electron chi connectivity index (χ1n) is 11.0. The minimum Gasteiger partial charge on any atom is -0.459 e. The van der Waals surface area contributed by atoms with Gasteiger partial charge in [-0.25, -0.2) is 0 Å². The van der Waals surface area contributed by atoms with Crippen molar-refractivity contribution in [1.82, 2.24) is 4.98 Å². The maximum absolute atomic E-state index is 12.1. The Bertz CT molecular complexity index is 1170. The number of fused-ring (bicyclic) bond motifs is 1. The van der Waals surface area contributed by atoms with Gasteiger partial charge in [0.05, 0.1) is 16.8 Å². The largest absolute Gasteiger partial charge is 0.459 e. The minimum absolute atomic E-state index is 0.0621. The van der Waals surface area contributed by atoms with Gasteiger partial charge in [-0.2, -0.15) is 5.26 Å². The van der Waals surface area contributed by atoms with Crippen molar-refractivity contribution in [2.24, 2.45) is 5.92 Å². The molecule has 1 heterocycles. The average molecular weight is 430 g/mol. The zero-order valence-electron chi connectivity index (χ0n) is 19.7. The second-order valence-electron chi connectivity index (χ2n) is 9.56. The van der Waals surface area contributed by atoms with Crippen LogP contribution in [0.25, 0.3) is 22.0 Å². The fourth-order valence-corrected chi connectivity index (χ4v) is 3.65. The standard InChI is InChI=1S/C27H31N3O2/c1-17(2)13-24-22(15-28)26(19-9-7-18(3)8-10-19)21-14-20(11-12-23(21)30-24)29-16-25(31)32-27(4,5)6/h7-12,14,17,29H,13,16H2,1-6H3. The first kappa shape index (κ1) is 23.3. The highest BCUT2D eigenvalue weighted by molar-refractivity contribution is 5.99. The van der Waals surface area contributed by atoms with Crippen molar-refractivity contribution in [3.63, 3.8) is 0 Å². The number of nitriles is 1. The number of rotatable bonds is 6. The summed E-state index contributed by atoms with van der Waals surface area (Å²) in [4.78, 5) is 17.0. The molecule has 3 aromatic rings. The summed E-state index contributed by atoms with van der Waals surface area (Å²) in [6.45, 7) is 11.9. The van der Waals surface area contributed by atoms with Gasteiger partial charge < -0.3 is 10.1 Å². The molecule has 5 heteroatoms. The SMILES string of the molecule is Cc1ccc(-c2c(C#N)c(CC(C)C)nc3ccc(NCC(=O)OC(C)(C)C)cc23)cc1. The maximum Gasteiger partial charge on any atom is 0.325 e. The number of anilines is 1. The molecule has 1 N–H and O–H groups in total. The molecule has 0 fully saturated rings. The lowest BCUT2D eigenvalue weighted by atomic mass is 9.91. The minimum atomic E-state index is -0.529. The van der Waals surface area contributed by atoms with Crippen molar-refractivity contribution in [3.05, 3.63) is 59.3 Å². The number of pyridine rings is 1. The molecule has 0 amide bonds. The first-order chi connectivity index (χ1) is 15.1. The van der Waals surface area contributed by atoms with Crippen LogP contribution >= 0.6 is 0 Å². The van der Waals surface area contributed by atoms with E-state index in [1.165, 1.54) is 0 Å². The van der Waals surface area contributed by atoms with Gasteiger partial charge in [-0.15, -0.1) is 0 Å². The number of ether oxygens (including phenoxy) is 1. The van der Waals surface area contributed by atoms with Gasteiger partial charge in [0.15, 0.2) is 0 Å². The Balaban J connectivity index is 2.10. The van der Waals surface area contributed by atoms with E-state index in [9.17, 15) is 10.1 Å². The van der Waals surface area contributed by atoms with Crippen LogP contribution in [0.3, 0.4) is 0 Å². The van der Waals surface area contributed by atoms with Crippen LogP contribution in [0.5, 0.6) is 0 Å². The Morgan fingerprint density at radius 3 is 2.44 bits per heavy atom. The lowest BCUT2D eigenvalue weighted by Gasteiger charge is -2.20. The predicted molar refractivity (Wildman–Crippen MR) is 130 cm³/mol. The highest BCUT2D eigenvalue weighted by Gasteiger charge is 2.19. The van der Waals surface area contributed by atoms with E-state index in [1.807, 2.05) is 58.0 Å². The number of hydrogen-bond acceptors (Lipinski definition) is 5. The number of benzene rings is 2. The van der Waals surface area contributed by atoms with Gasteiger partial charge in [-0.3, -0.25) is 9.78 Å². The molecule has 5 nitrogen and oxygen atoms in total. The number of nitrogens with zero attached hydrogens (tertiary/aromatic N) is 2. The quantitative estimate of drug-likeness (QED) is 0.484. The van der Waals surface area contributed by atoms with Crippen LogP contribution in [-0.4, -0.2) is 23.1 Å². The zero-order chi connectivity index (χ0) is 23.5. The van der Waals surface area contributed by atoms with E-state index in [0.29, 0.717) is 11.5 Å². The van der Waals surface area contributed by atoms with Crippen molar-refractivity contribution in [3.8, 4) is 17.2 Å². The fraction of sp³-hybridized carbons (Fsp3) is 0.370. The molecule has 0 bridgehead atoms. The molecule has 3 rings (SSSR count). The summed E-state index contributed by atoms with van der Waals surface area (Å²) < 4.78 is 5.38. The Morgan fingerprint density at radius 2 is 1.84 bits per heavy atom. The molecule has 0 aliphatic heterocycles. The van der Waals surface area contributed by atoms with Crippen molar-refractivity contribution in [2.75, 3.05) is 11.9 Å². The molecular weight excluding hydrogens is 398 g/mol. The molecule has 0 atom stereocenters. The summed E-state index contributed by atoms with van der Waals surface area (Å²) >= 11 is 0. The molecular formula is C27H31N3O2. The highest BCUT2D eigenvalue weighted by Crippen LogP contribution is 2.35. The van der Waals surface area contributed by atoms with Crippen LogP contribution < -0.4 is 5.32 Å². The molecule has 0 saturated carbocycles. The summed E-state index contributed by atoms with van der Waals surface area (Å²) in [6, 6.07) is 16.4. The van der Waals surface area contributed by atoms with Gasteiger partial charge in [-0.1, -0.05) is 43.7 Å². The first-order valence-corrected chi connectivity index (χ1v) is 11.0. The molecule has 0 aliphatic carbocycles. The third-order valence-corrected chi connectivity index (χ3v) is 4.97. The van der Waals surface area contributed by atoms with Gasteiger partial charge in [0.25, 0.3) is 0 Å². The van der Waals surface area contributed by atoms with E-state index in [4.69, 9.17) is 9.72 Å². The Labute approximate surface area is 190 Å². The summed E-state index contributed by atoms with van der Waals surface area (Å²) in [5.74, 6) is 0.0622. The third-order valence-electron chi connectivity index (χ3n) is 4.97. The van der Waals surface area contributed by atoms with Crippen LogP contribution in [0.4, 0.5) is 5.69 Å². The number of carbonyl (C=O) groups is 1. The Morgan fingerprint density at radius 1 is 1.16 bits per heavy atom. The summed E-state index contributed by atoms with van der Waals surface area (Å²) in [7, 11) is 0. The predicted octanol–water partition coefficient (Wildman–Crippen LogP) is 6.03. The van der Waals surface area contributed by atoms with Gasteiger partial charge in [0.2, 0.25) is 0 Å². The molecule has 2 aromatic carbocycles. The molecule has 0 saturated heterocycles. The molecule has 0 spiro atoms. The molecule has 0 aliphatic rings. The zero-order valence-corrected chi connectivity index (χ0v) is 19.7. The van der Waals surface area contributed by atoms with E-state index in [2.05, 4.69) is 37.4 Å².